The molecular formula is C15H27NO4. The van der Waals surface area contributed by atoms with E-state index in [9.17, 15) is 9.59 Å². The monoisotopic (exact) mass is 285 g/mol. The molecule has 0 bridgehead atoms. The summed E-state index contributed by atoms with van der Waals surface area (Å²) < 4.78 is 10.4. The SMILES string of the molecule is CCCCOC(=O)[C@@H]1CCC[C@@H](C(=O)OCCCC)N1. The van der Waals surface area contributed by atoms with Crippen LogP contribution in [0.15, 0.2) is 0 Å². The quantitative estimate of drug-likeness (QED) is 0.547. The molecule has 20 heavy (non-hydrogen) atoms. The van der Waals surface area contributed by atoms with Gasteiger partial charge < -0.3 is 9.47 Å². The lowest BCUT2D eigenvalue weighted by atomic mass is 9.98. The van der Waals surface area contributed by atoms with Crippen LogP contribution < -0.4 is 5.32 Å². The zero-order chi connectivity index (χ0) is 14.8. The fourth-order valence-electron chi connectivity index (χ4n) is 2.14. The van der Waals surface area contributed by atoms with Crippen molar-refractivity contribution in [1.82, 2.24) is 5.32 Å². The number of carbonyl (C=O) groups excluding carboxylic acids is 2. The molecule has 0 aromatic rings. The normalized spacial score (nSPS) is 22.3. The molecule has 1 aliphatic heterocycles. The van der Waals surface area contributed by atoms with E-state index in [0.29, 0.717) is 13.2 Å². The highest BCUT2D eigenvalue weighted by Crippen LogP contribution is 2.15. The highest BCUT2D eigenvalue weighted by molar-refractivity contribution is 5.80. The highest BCUT2D eigenvalue weighted by Gasteiger charge is 2.31. The molecule has 1 aliphatic rings. The Bertz CT molecular complexity index is 278. The van der Waals surface area contributed by atoms with E-state index >= 15 is 0 Å². The standard InChI is InChI=1S/C15H27NO4/c1-3-5-10-19-14(17)12-8-7-9-13(16-12)15(18)20-11-6-4-2/h12-13,16H,3-11H2,1-2H3/t12-,13-/m0/s1. The molecule has 116 valence electrons. The Morgan fingerprint density at radius 1 is 0.950 bits per heavy atom. The minimum Gasteiger partial charge on any atom is -0.465 e. The fraction of sp³-hybridized carbons (Fsp3) is 0.867. The van der Waals surface area contributed by atoms with Crippen molar-refractivity contribution in [3.05, 3.63) is 0 Å². The Hall–Kier alpha value is -1.10. The number of ether oxygens (including phenoxy) is 2. The van der Waals surface area contributed by atoms with E-state index < -0.39 is 0 Å². The Morgan fingerprint density at radius 2 is 1.40 bits per heavy atom. The second-order valence-corrected chi connectivity index (χ2v) is 5.24. The minimum absolute atomic E-state index is 0.246. The summed E-state index contributed by atoms with van der Waals surface area (Å²) in [5.74, 6) is -0.492. The zero-order valence-corrected chi connectivity index (χ0v) is 12.7. The maximum absolute atomic E-state index is 11.9. The number of hydrogen-bond donors (Lipinski definition) is 1. The maximum atomic E-state index is 11.9. The van der Waals surface area contributed by atoms with Gasteiger partial charge in [-0.2, -0.15) is 0 Å². The average Bonchev–Trinajstić information content (AvgIpc) is 2.47. The number of rotatable bonds is 8. The van der Waals surface area contributed by atoms with Crippen LogP contribution in [0.4, 0.5) is 0 Å². The van der Waals surface area contributed by atoms with Crippen LogP contribution in [0.1, 0.15) is 58.8 Å². The Balaban J connectivity index is 2.33. The third-order valence-corrected chi connectivity index (χ3v) is 3.44. The van der Waals surface area contributed by atoms with Crippen molar-refractivity contribution in [2.45, 2.75) is 70.9 Å². The van der Waals surface area contributed by atoms with E-state index in [0.717, 1.165) is 44.9 Å². The van der Waals surface area contributed by atoms with Crippen LogP contribution in [0.5, 0.6) is 0 Å². The first-order chi connectivity index (χ1) is 9.69. The minimum atomic E-state index is -0.371. The summed E-state index contributed by atoms with van der Waals surface area (Å²) in [6.45, 7) is 5.02. The zero-order valence-electron chi connectivity index (χ0n) is 12.7. The van der Waals surface area contributed by atoms with E-state index in [4.69, 9.17) is 9.47 Å². The van der Waals surface area contributed by atoms with Gasteiger partial charge in [-0.1, -0.05) is 26.7 Å². The molecule has 0 amide bonds. The number of piperidine rings is 1. The summed E-state index contributed by atoms with van der Waals surface area (Å²) in [4.78, 5) is 23.7. The fourth-order valence-corrected chi connectivity index (χ4v) is 2.14. The third kappa shape index (κ3) is 5.90. The molecule has 5 heteroatoms. The molecule has 5 nitrogen and oxygen atoms in total. The van der Waals surface area contributed by atoms with Crippen molar-refractivity contribution < 1.29 is 19.1 Å². The van der Waals surface area contributed by atoms with Gasteiger partial charge in [0.2, 0.25) is 0 Å². The molecule has 0 radical (unpaired) electrons. The molecule has 0 unspecified atom stereocenters. The van der Waals surface area contributed by atoms with Gasteiger partial charge in [0, 0.05) is 0 Å². The van der Waals surface area contributed by atoms with Crippen LogP contribution in [0.25, 0.3) is 0 Å². The Kier molecular flexibility index (Phi) is 8.26. The molecule has 1 rings (SSSR count). The van der Waals surface area contributed by atoms with Crippen LogP contribution in [0.2, 0.25) is 0 Å². The molecule has 0 aromatic heterocycles. The van der Waals surface area contributed by atoms with Crippen LogP contribution in [0.3, 0.4) is 0 Å². The first kappa shape index (κ1) is 17.0. The molecule has 1 fully saturated rings. The van der Waals surface area contributed by atoms with Gasteiger partial charge >= 0.3 is 11.9 Å². The maximum Gasteiger partial charge on any atom is 0.323 e. The average molecular weight is 285 g/mol. The van der Waals surface area contributed by atoms with Gasteiger partial charge in [-0.3, -0.25) is 14.9 Å². The molecule has 1 heterocycles. The molecule has 0 aromatic carbocycles. The number of carbonyl (C=O) groups is 2. The lowest BCUT2D eigenvalue weighted by molar-refractivity contribution is -0.151. The first-order valence-electron chi connectivity index (χ1n) is 7.78. The predicted molar refractivity (Wildman–Crippen MR) is 76.3 cm³/mol. The van der Waals surface area contributed by atoms with E-state index in [2.05, 4.69) is 19.2 Å². The van der Waals surface area contributed by atoms with Gasteiger partial charge in [0.15, 0.2) is 0 Å². The third-order valence-electron chi connectivity index (χ3n) is 3.44. The largest absolute Gasteiger partial charge is 0.465 e. The summed E-state index contributed by atoms with van der Waals surface area (Å²) in [6, 6.07) is -0.742. The Morgan fingerprint density at radius 3 is 1.80 bits per heavy atom. The van der Waals surface area contributed by atoms with Crippen molar-refractivity contribution in [2.24, 2.45) is 0 Å². The summed E-state index contributed by atoms with van der Waals surface area (Å²) in [7, 11) is 0. The first-order valence-corrected chi connectivity index (χ1v) is 7.78. The molecule has 0 aliphatic carbocycles. The van der Waals surface area contributed by atoms with Crippen LogP contribution in [-0.4, -0.2) is 37.2 Å². The number of esters is 2. The lowest BCUT2D eigenvalue weighted by Crippen LogP contribution is -2.51. The molecule has 0 saturated carbocycles. The molecule has 1 saturated heterocycles. The van der Waals surface area contributed by atoms with Crippen LogP contribution >= 0.6 is 0 Å². The van der Waals surface area contributed by atoms with Crippen molar-refractivity contribution in [2.75, 3.05) is 13.2 Å². The molecule has 1 N–H and O–H groups in total. The second kappa shape index (κ2) is 9.75. The molecule has 0 spiro atoms. The van der Waals surface area contributed by atoms with Gasteiger partial charge in [-0.25, -0.2) is 0 Å². The highest BCUT2D eigenvalue weighted by atomic mass is 16.5. The van der Waals surface area contributed by atoms with Gasteiger partial charge in [0.25, 0.3) is 0 Å². The van der Waals surface area contributed by atoms with E-state index in [1.54, 1.807) is 0 Å². The number of nitrogens with one attached hydrogen (secondary N) is 1. The molecular weight excluding hydrogens is 258 g/mol. The van der Waals surface area contributed by atoms with Gasteiger partial charge in [0.1, 0.15) is 12.1 Å². The number of unbranched alkanes of at least 4 members (excludes halogenated alkanes) is 2. The van der Waals surface area contributed by atoms with Crippen molar-refractivity contribution in [1.29, 1.82) is 0 Å². The van der Waals surface area contributed by atoms with Crippen molar-refractivity contribution in [3.63, 3.8) is 0 Å². The topological polar surface area (TPSA) is 64.6 Å². The predicted octanol–water partition coefficient (Wildman–Crippen LogP) is 2.18. The number of hydrogen-bond acceptors (Lipinski definition) is 5. The summed E-state index contributed by atoms with van der Waals surface area (Å²) >= 11 is 0. The van der Waals surface area contributed by atoms with Crippen LogP contribution in [0, 0.1) is 0 Å². The second-order valence-electron chi connectivity index (χ2n) is 5.24. The van der Waals surface area contributed by atoms with Crippen molar-refractivity contribution in [3.8, 4) is 0 Å². The van der Waals surface area contributed by atoms with Gasteiger partial charge in [-0.15, -0.1) is 0 Å². The van der Waals surface area contributed by atoms with Crippen LogP contribution in [-0.2, 0) is 19.1 Å². The molecule has 2 atom stereocenters. The van der Waals surface area contributed by atoms with E-state index in [-0.39, 0.29) is 24.0 Å². The van der Waals surface area contributed by atoms with Gasteiger partial charge in [0.05, 0.1) is 13.2 Å². The van der Waals surface area contributed by atoms with Gasteiger partial charge in [-0.05, 0) is 32.1 Å². The summed E-state index contributed by atoms with van der Waals surface area (Å²) in [5.41, 5.74) is 0. The van der Waals surface area contributed by atoms with E-state index in [1.165, 1.54) is 0 Å². The summed E-state index contributed by atoms with van der Waals surface area (Å²) in [5, 5.41) is 3.06. The smallest absolute Gasteiger partial charge is 0.323 e. The van der Waals surface area contributed by atoms with E-state index in [1.807, 2.05) is 0 Å². The lowest BCUT2D eigenvalue weighted by Gasteiger charge is -2.28. The Labute approximate surface area is 121 Å². The van der Waals surface area contributed by atoms with Crippen molar-refractivity contribution >= 4 is 11.9 Å². The summed E-state index contributed by atoms with van der Waals surface area (Å²) in [6.07, 6.45) is 6.04.